The number of benzene rings is 2. The highest BCUT2D eigenvalue weighted by molar-refractivity contribution is 6.09. The van der Waals surface area contributed by atoms with Crippen molar-refractivity contribution in [1.29, 1.82) is 0 Å². The predicted octanol–water partition coefficient (Wildman–Crippen LogP) is 4.00. The van der Waals surface area contributed by atoms with Crippen molar-refractivity contribution >= 4 is 17.5 Å². The first-order valence-corrected chi connectivity index (χ1v) is 10.0. The lowest BCUT2D eigenvalue weighted by Gasteiger charge is -2.34. The smallest absolute Gasteiger partial charge is 0.256 e. The average Bonchev–Trinajstić information content (AvgIpc) is 2.81. The van der Waals surface area contributed by atoms with E-state index in [0.29, 0.717) is 35.5 Å². The highest BCUT2D eigenvalue weighted by Gasteiger charge is 2.29. The molecule has 0 aliphatic carbocycles. The van der Waals surface area contributed by atoms with Crippen molar-refractivity contribution in [2.24, 2.45) is 0 Å². The first-order valence-electron chi connectivity index (χ1n) is 10.0. The third-order valence-corrected chi connectivity index (χ3v) is 5.29. The van der Waals surface area contributed by atoms with Crippen molar-refractivity contribution in [3.8, 4) is 0 Å². The van der Waals surface area contributed by atoms with Crippen LogP contribution in [0.1, 0.15) is 37.9 Å². The van der Waals surface area contributed by atoms with E-state index in [2.05, 4.69) is 10.3 Å². The molecule has 158 valence electrons. The number of pyridine rings is 1. The van der Waals surface area contributed by atoms with Crippen LogP contribution in [0.4, 0.5) is 10.1 Å². The summed E-state index contributed by atoms with van der Waals surface area (Å²) in [5.74, 6) is -0.919. The van der Waals surface area contributed by atoms with Crippen molar-refractivity contribution in [2.45, 2.75) is 13.0 Å². The van der Waals surface area contributed by atoms with Crippen LogP contribution in [0.15, 0.2) is 67.0 Å². The molecule has 1 saturated heterocycles. The molecular weight excluding hydrogens is 397 g/mol. The molecule has 1 N–H and O–H groups in total. The maximum Gasteiger partial charge on any atom is 0.256 e. The molecule has 2 heterocycles. The fourth-order valence-corrected chi connectivity index (χ4v) is 3.63. The molecule has 1 aliphatic heterocycles. The molecule has 6 nitrogen and oxygen atoms in total. The van der Waals surface area contributed by atoms with E-state index < -0.39 is 6.10 Å². The summed E-state index contributed by atoms with van der Waals surface area (Å²) < 4.78 is 19.9. The number of nitrogens with one attached hydrogen (secondary N) is 1. The number of rotatable bonds is 4. The van der Waals surface area contributed by atoms with E-state index in [-0.39, 0.29) is 24.2 Å². The quantitative estimate of drug-likeness (QED) is 0.694. The Morgan fingerprint density at radius 2 is 1.87 bits per heavy atom. The SMILES string of the molecule is Cc1cccc(C(=O)N2CCOC(c3ccccc3F)C2)c1NC(=O)c1ccncc1. The van der Waals surface area contributed by atoms with Gasteiger partial charge in [-0.25, -0.2) is 4.39 Å². The van der Waals surface area contributed by atoms with Crippen molar-refractivity contribution in [2.75, 3.05) is 25.0 Å². The Bertz CT molecular complexity index is 1100. The largest absolute Gasteiger partial charge is 0.370 e. The molecule has 1 unspecified atom stereocenters. The van der Waals surface area contributed by atoms with Gasteiger partial charge in [0.2, 0.25) is 0 Å². The molecule has 1 atom stereocenters. The first kappa shape index (κ1) is 20.7. The van der Waals surface area contributed by atoms with E-state index in [1.165, 1.54) is 18.5 Å². The highest BCUT2D eigenvalue weighted by Crippen LogP contribution is 2.28. The Labute approximate surface area is 179 Å². The molecule has 2 aromatic carbocycles. The third-order valence-electron chi connectivity index (χ3n) is 5.29. The number of para-hydroxylation sites is 1. The zero-order chi connectivity index (χ0) is 21.8. The summed E-state index contributed by atoms with van der Waals surface area (Å²) in [5, 5.41) is 2.86. The molecule has 31 heavy (non-hydrogen) atoms. The fourth-order valence-electron chi connectivity index (χ4n) is 3.63. The van der Waals surface area contributed by atoms with Crippen LogP contribution in [-0.4, -0.2) is 41.4 Å². The van der Waals surface area contributed by atoms with Crippen LogP contribution in [0.2, 0.25) is 0 Å². The normalized spacial score (nSPS) is 16.1. The Morgan fingerprint density at radius 3 is 2.65 bits per heavy atom. The van der Waals surface area contributed by atoms with E-state index in [1.807, 2.05) is 13.0 Å². The summed E-state index contributed by atoms with van der Waals surface area (Å²) in [4.78, 5) is 31.6. The van der Waals surface area contributed by atoms with Gasteiger partial charge in [-0.15, -0.1) is 0 Å². The number of nitrogens with zero attached hydrogens (tertiary/aromatic N) is 2. The molecule has 4 rings (SSSR count). The monoisotopic (exact) mass is 419 g/mol. The Balaban J connectivity index is 1.58. The van der Waals surface area contributed by atoms with Gasteiger partial charge in [0.25, 0.3) is 11.8 Å². The van der Waals surface area contributed by atoms with Gasteiger partial charge in [0, 0.05) is 30.1 Å². The van der Waals surface area contributed by atoms with E-state index in [9.17, 15) is 14.0 Å². The number of morpholine rings is 1. The molecule has 0 bridgehead atoms. The summed E-state index contributed by atoms with van der Waals surface area (Å²) in [7, 11) is 0. The standard InChI is InChI=1S/C24H22FN3O3/c1-16-5-4-7-19(22(16)27-23(29)17-9-11-26-12-10-17)24(30)28-13-14-31-21(15-28)18-6-2-3-8-20(18)25/h2-12,21H,13-15H2,1H3,(H,27,29). The average molecular weight is 419 g/mol. The molecular formula is C24H22FN3O3. The number of hydrogen-bond acceptors (Lipinski definition) is 4. The lowest BCUT2D eigenvalue weighted by Crippen LogP contribution is -2.42. The van der Waals surface area contributed by atoms with Crippen LogP contribution < -0.4 is 5.32 Å². The van der Waals surface area contributed by atoms with Crippen LogP contribution in [0, 0.1) is 12.7 Å². The summed E-state index contributed by atoms with van der Waals surface area (Å²) in [5.41, 5.74) is 2.49. The van der Waals surface area contributed by atoms with Crippen LogP contribution in [0.5, 0.6) is 0 Å². The second-order valence-corrected chi connectivity index (χ2v) is 7.32. The molecule has 1 fully saturated rings. The minimum atomic E-state index is -0.543. The van der Waals surface area contributed by atoms with E-state index >= 15 is 0 Å². The predicted molar refractivity (Wildman–Crippen MR) is 114 cm³/mol. The van der Waals surface area contributed by atoms with Crippen LogP contribution in [-0.2, 0) is 4.74 Å². The minimum absolute atomic E-state index is 0.228. The topological polar surface area (TPSA) is 71.5 Å². The maximum atomic E-state index is 14.2. The second-order valence-electron chi connectivity index (χ2n) is 7.32. The van der Waals surface area contributed by atoms with Gasteiger partial charge in [-0.05, 0) is 36.8 Å². The number of ether oxygens (including phenoxy) is 1. The molecule has 0 radical (unpaired) electrons. The number of halogens is 1. The van der Waals surface area contributed by atoms with Crippen molar-refractivity contribution in [3.63, 3.8) is 0 Å². The summed E-state index contributed by atoms with van der Waals surface area (Å²) in [6.45, 7) is 2.75. The number of carbonyl (C=O) groups excluding carboxylic acids is 2. The summed E-state index contributed by atoms with van der Waals surface area (Å²) in [6.07, 6.45) is 2.53. The molecule has 1 aromatic heterocycles. The van der Waals surface area contributed by atoms with E-state index in [4.69, 9.17) is 4.74 Å². The molecule has 2 amide bonds. The number of amides is 2. The van der Waals surface area contributed by atoms with Gasteiger partial charge < -0.3 is 15.0 Å². The van der Waals surface area contributed by atoms with Crippen molar-refractivity contribution < 1.29 is 18.7 Å². The van der Waals surface area contributed by atoms with E-state index in [1.54, 1.807) is 47.4 Å². The third kappa shape index (κ3) is 4.46. The van der Waals surface area contributed by atoms with Gasteiger partial charge in [0.05, 0.1) is 24.4 Å². The number of hydrogen-bond donors (Lipinski definition) is 1. The molecule has 0 saturated carbocycles. The number of anilines is 1. The Morgan fingerprint density at radius 1 is 1.10 bits per heavy atom. The van der Waals surface area contributed by atoms with Crippen LogP contribution >= 0.6 is 0 Å². The number of aryl methyl sites for hydroxylation is 1. The van der Waals surface area contributed by atoms with Gasteiger partial charge in [-0.2, -0.15) is 0 Å². The first-order chi connectivity index (χ1) is 15.0. The van der Waals surface area contributed by atoms with Gasteiger partial charge >= 0.3 is 0 Å². The molecule has 0 spiro atoms. The van der Waals surface area contributed by atoms with E-state index in [0.717, 1.165) is 5.56 Å². The van der Waals surface area contributed by atoms with Gasteiger partial charge in [-0.3, -0.25) is 14.6 Å². The summed E-state index contributed by atoms with van der Waals surface area (Å²) >= 11 is 0. The number of carbonyl (C=O) groups is 2. The second kappa shape index (κ2) is 9.06. The lowest BCUT2D eigenvalue weighted by atomic mass is 10.0. The zero-order valence-corrected chi connectivity index (χ0v) is 17.0. The van der Waals surface area contributed by atoms with Crippen LogP contribution in [0.25, 0.3) is 0 Å². The lowest BCUT2D eigenvalue weighted by molar-refractivity contribution is -0.0242. The summed E-state index contributed by atoms with van der Waals surface area (Å²) in [6, 6.07) is 14.9. The molecule has 3 aromatic rings. The highest BCUT2D eigenvalue weighted by atomic mass is 19.1. The fraction of sp³-hybridized carbons (Fsp3) is 0.208. The molecule has 1 aliphatic rings. The molecule has 7 heteroatoms. The number of aromatic nitrogens is 1. The Kier molecular flexibility index (Phi) is 6.04. The maximum absolute atomic E-state index is 14.2. The minimum Gasteiger partial charge on any atom is -0.370 e. The van der Waals surface area contributed by atoms with Gasteiger partial charge in [0.1, 0.15) is 11.9 Å². The van der Waals surface area contributed by atoms with Crippen molar-refractivity contribution in [1.82, 2.24) is 9.88 Å². The van der Waals surface area contributed by atoms with Gasteiger partial charge in [0.15, 0.2) is 0 Å². The van der Waals surface area contributed by atoms with Crippen molar-refractivity contribution in [3.05, 3.63) is 95.1 Å². The zero-order valence-electron chi connectivity index (χ0n) is 17.0. The van der Waals surface area contributed by atoms with Crippen LogP contribution in [0.3, 0.4) is 0 Å². The van der Waals surface area contributed by atoms with Gasteiger partial charge in [-0.1, -0.05) is 30.3 Å². The Hall–Kier alpha value is -3.58.